The second kappa shape index (κ2) is 7.64. The third-order valence-corrected chi connectivity index (χ3v) is 5.14. The highest BCUT2D eigenvalue weighted by molar-refractivity contribution is 7.86. The molecule has 1 aliphatic rings. The van der Waals surface area contributed by atoms with Gasteiger partial charge in [0, 0.05) is 31.2 Å². The van der Waals surface area contributed by atoms with Crippen LogP contribution in [0.15, 0.2) is 28.0 Å². The first-order valence-electron chi connectivity index (χ1n) is 7.56. The number of amidine groups is 1. The van der Waals surface area contributed by atoms with Gasteiger partial charge in [-0.15, -0.1) is 0 Å². The molecule has 3 rings (SSSR count). The number of aromatic nitrogens is 2. The summed E-state index contributed by atoms with van der Waals surface area (Å²) in [6.07, 6.45) is 0. The maximum absolute atomic E-state index is 13.2. The van der Waals surface area contributed by atoms with Crippen molar-refractivity contribution in [2.24, 2.45) is 16.2 Å². The zero-order valence-corrected chi connectivity index (χ0v) is 15.2. The smallest absolute Gasteiger partial charge is 0.276 e. The lowest BCUT2D eigenvalue weighted by molar-refractivity contribution is 0.211. The number of oxime groups is 1. The van der Waals surface area contributed by atoms with Crippen LogP contribution in [0.3, 0.4) is 0 Å². The van der Waals surface area contributed by atoms with Gasteiger partial charge in [-0.25, -0.2) is 14.2 Å². The first kappa shape index (κ1) is 19.3. The van der Waals surface area contributed by atoms with E-state index < -0.39 is 16.0 Å². The van der Waals surface area contributed by atoms with E-state index in [1.807, 2.05) is 0 Å². The third kappa shape index (κ3) is 4.44. The maximum Gasteiger partial charge on any atom is 0.276 e. The van der Waals surface area contributed by atoms with Crippen LogP contribution >= 0.6 is 11.6 Å². The van der Waals surface area contributed by atoms with Crippen LogP contribution in [0, 0.1) is 11.7 Å². The summed E-state index contributed by atoms with van der Waals surface area (Å²) in [7, 11) is -3.68. The molecule has 1 fully saturated rings. The first-order chi connectivity index (χ1) is 12.8. The molecule has 5 N–H and O–H groups in total. The Bertz CT molecular complexity index is 961. The number of halogens is 2. The normalized spacial score (nSPS) is 16.2. The summed E-state index contributed by atoms with van der Waals surface area (Å²) in [6.45, 7) is 0.924. The average Bonchev–Trinajstić information content (AvgIpc) is 3.01. The van der Waals surface area contributed by atoms with Gasteiger partial charge in [0.2, 0.25) is 11.7 Å². The average molecular weight is 420 g/mol. The van der Waals surface area contributed by atoms with Crippen LogP contribution in [0.25, 0.3) is 0 Å². The molecule has 2 aromatic rings. The number of hydrogen-bond donors (Lipinski definition) is 4. The molecule has 1 aliphatic heterocycles. The van der Waals surface area contributed by atoms with Crippen LogP contribution in [-0.4, -0.2) is 53.7 Å². The maximum atomic E-state index is 13.2. The SMILES string of the molecule is NS(=O)(=O)N1CC(CNc2nonc2/C(=N/O)Nc2ccc(F)c(Cl)c2)C1. The van der Waals surface area contributed by atoms with E-state index in [9.17, 15) is 18.0 Å². The predicted molar refractivity (Wildman–Crippen MR) is 94.3 cm³/mol. The predicted octanol–water partition coefficient (Wildman–Crippen LogP) is 0.657. The van der Waals surface area contributed by atoms with Crippen LogP contribution < -0.4 is 15.8 Å². The molecular weight excluding hydrogens is 405 g/mol. The molecule has 0 radical (unpaired) electrons. The zero-order valence-electron chi connectivity index (χ0n) is 13.6. The monoisotopic (exact) mass is 419 g/mol. The minimum Gasteiger partial charge on any atom is -0.409 e. The molecule has 0 atom stereocenters. The fourth-order valence-electron chi connectivity index (χ4n) is 2.40. The van der Waals surface area contributed by atoms with E-state index >= 15 is 0 Å². The molecule has 1 aromatic heterocycles. The second-order valence-electron chi connectivity index (χ2n) is 5.77. The summed E-state index contributed by atoms with van der Waals surface area (Å²) in [6, 6.07) is 3.84. The van der Waals surface area contributed by atoms with Gasteiger partial charge in [-0.3, -0.25) is 0 Å². The van der Waals surface area contributed by atoms with Crippen molar-refractivity contribution in [3.8, 4) is 0 Å². The Hall–Kier alpha value is -2.48. The van der Waals surface area contributed by atoms with Gasteiger partial charge in [0.05, 0.1) is 5.02 Å². The van der Waals surface area contributed by atoms with Gasteiger partial charge < -0.3 is 15.8 Å². The molecule has 0 bridgehead atoms. The van der Waals surface area contributed by atoms with E-state index in [4.69, 9.17) is 16.7 Å². The van der Waals surface area contributed by atoms with Gasteiger partial charge in [0.15, 0.2) is 5.69 Å². The molecule has 1 aromatic carbocycles. The molecule has 0 unspecified atom stereocenters. The van der Waals surface area contributed by atoms with Crippen LogP contribution in [-0.2, 0) is 10.2 Å². The van der Waals surface area contributed by atoms with Crippen molar-refractivity contribution in [1.82, 2.24) is 14.6 Å². The number of rotatable bonds is 6. The Kier molecular flexibility index (Phi) is 5.46. The van der Waals surface area contributed by atoms with Crippen molar-refractivity contribution in [3.05, 3.63) is 34.7 Å². The lowest BCUT2D eigenvalue weighted by Gasteiger charge is -2.36. The molecule has 0 aliphatic carbocycles. The van der Waals surface area contributed by atoms with Crippen LogP contribution in [0.1, 0.15) is 5.69 Å². The molecule has 0 spiro atoms. The molecule has 27 heavy (non-hydrogen) atoms. The van der Waals surface area contributed by atoms with E-state index in [-0.39, 0.29) is 41.4 Å². The lowest BCUT2D eigenvalue weighted by Crippen LogP contribution is -2.54. The molecular formula is C13H15ClFN7O4S. The third-order valence-electron chi connectivity index (χ3n) is 3.84. The highest BCUT2D eigenvalue weighted by atomic mass is 35.5. The molecule has 0 saturated carbocycles. The Morgan fingerprint density at radius 3 is 2.85 bits per heavy atom. The summed E-state index contributed by atoms with van der Waals surface area (Å²) in [4.78, 5) is 0. The fourth-order valence-corrected chi connectivity index (χ4v) is 3.42. The molecule has 14 heteroatoms. The van der Waals surface area contributed by atoms with Crippen molar-refractivity contribution in [1.29, 1.82) is 0 Å². The van der Waals surface area contributed by atoms with Gasteiger partial charge >= 0.3 is 0 Å². The standard InChI is InChI=1S/C13H15ClFN7O4S/c14-9-3-8(1-2-10(9)15)18-13(19-23)11-12(21-26-20-11)17-4-7-5-22(6-7)27(16,24)25/h1-3,7,23H,4-6H2,(H,17,21)(H,18,19)(H2,16,24,25). The van der Waals surface area contributed by atoms with E-state index in [0.717, 1.165) is 10.4 Å². The van der Waals surface area contributed by atoms with Crippen molar-refractivity contribution >= 4 is 39.2 Å². The largest absolute Gasteiger partial charge is 0.409 e. The number of benzene rings is 1. The van der Waals surface area contributed by atoms with Crippen molar-refractivity contribution in [2.45, 2.75) is 0 Å². The van der Waals surface area contributed by atoms with E-state index in [1.165, 1.54) is 12.1 Å². The van der Waals surface area contributed by atoms with Crippen molar-refractivity contribution in [2.75, 3.05) is 30.3 Å². The molecule has 1 saturated heterocycles. The number of nitrogens with zero attached hydrogens (tertiary/aromatic N) is 4. The highest BCUT2D eigenvalue weighted by Gasteiger charge is 2.33. The lowest BCUT2D eigenvalue weighted by atomic mass is 10.0. The minimum absolute atomic E-state index is 0.0197. The van der Waals surface area contributed by atoms with Gasteiger partial charge in [-0.1, -0.05) is 16.8 Å². The number of hydrogen-bond acceptors (Lipinski definition) is 8. The Balaban J connectivity index is 1.64. The van der Waals surface area contributed by atoms with Gasteiger partial charge in [0.1, 0.15) is 5.82 Å². The van der Waals surface area contributed by atoms with Crippen LogP contribution in [0.4, 0.5) is 15.9 Å². The zero-order chi connectivity index (χ0) is 19.6. The topological polar surface area (TPSA) is 159 Å². The first-order valence-corrected chi connectivity index (χ1v) is 9.45. The van der Waals surface area contributed by atoms with Crippen LogP contribution in [0.2, 0.25) is 5.02 Å². The number of anilines is 2. The molecule has 0 amide bonds. The molecule has 2 heterocycles. The summed E-state index contributed by atoms with van der Waals surface area (Å²) in [5.74, 6) is -0.505. The Morgan fingerprint density at radius 2 is 2.22 bits per heavy atom. The summed E-state index contributed by atoms with van der Waals surface area (Å²) < 4.78 is 41.3. The molecule has 146 valence electrons. The summed E-state index contributed by atoms with van der Waals surface area (Å²) in [5.41, 5.74) is 0.423. The summed E-state index contributed by atoms with van der Waals surface area (Å²) in [5, 5.41) is 30.3. The Labute approximate surface area is 158 Å². The van der Waals surface area contributed by atoms with E-state index in [0.29, 0.717) is 12.2 Å². The quantitative estimate of drug-likeness (QED) is 0.230. The van der Waals surface area contributed by atoms with Crippen molar-refractivity contribution in [3.63, 3.8) is 0 Å². The second-order valence-corrected chi connectivity index (χ2v) is 7.73. The van der Waals surface area contributed by atoms with Gasteiger partial charge in [-0.05, 0) is 28.5 Å². The number of nitrogens with two attached hydrogens (primary N) is 1. The van der Waals surface area contributed by atoms with E-state index in [2.05, 4.69) is 30.7 Å². The van der Waals surface area contributed by atoms with Crippen LogP contribution in [0.5, 0.6) is 0 Å². The van der Waals surface area contributed by atoms with Gasteiger partial charge in [0.25, 0.3) is 10.2 Å². The molecule has 11 nitrogen and oxygen atoms in total. The Morgan fingerprint density at radius 1 is 1.48 bits per heavy atom. The fraction of sp³-hybridized carbons (Fsp3) is 0.308. The summed E-state index contributed by atoms with van der Waals surface area (Å²) >= 11 is 5.72. The van der Waals surface area contributed by atoms with Gasteiger partial charge in [-0.2, -0.15) is 12.7 Å². The van der Waals surface area contributed by atoms with E-state index in [1.54, 1.807) is 0 Å². The minimum atomic E-state index is -3.68. The van der Waals surface area contributed by atoms with Crippen molar-refractivity contribution < 1.29 is 22.6 Å². The highest BCUT2D eigenvalue weighted by Crippen LogP contribution is 2.22. The number of nitrogens with one attached hydrogen (secondary N) is 2.